The molecule has 0 unspecified atom stereocenters. The summed E-state index contributed by atoms with van der Waals surface area (Å²) >= 11 is 0. The summed E-state index contributed by atoms with van der Waals surface area (Å²) in [6.07, 6.45) is 0.963. The predicted octanol–water partition coefficient (Wildman–Crippen LogP) is 0.378. The van der Waals surface area contributed by atoms with Gasteiger partial charge in [0, 0.05) is 6.54 Å². The Morgan fingerprint density at radius 1 is 1.44 bits per heavy atom. The second-order valence-electron chi connectivity index (χ2n) is 3.94. The second kappa shape index (κ2) is 5.42. The van der Waals surface area contributed by atoms with Crippen molar-refractivity contribution in [1.29, 1.82) is 0 Å². The van der Waals surface area contributed by atoms with E-state index in [2.05, 4.69) is 15.6 Å². The molecule has 1 amide bonds. The SMILES string of the molecule is C[C@@H](O)CNC(=O)c1cn(-c2ccccc2)nn1. The van der Waals surface area contributed by atoms with E-state index in [0.717, 1.165) is 5.69 Å². The Kier molecular flexibility index (Phi) is 3.69. The summed E-state index contributed by atoms with van der Waals surface area (Å²) in [4.78, 5) is 11.7. The predicted molar refractivity (Wildman–Crippen MR) is 65.4 cm³/mol. The minimum Gasteiger partial charge on any atom is -0.392 e. The third kappa shape index (κ3) is 2.92. The van der Waals surface area contributed by atoms with Crippen LogP contribution in [0, 0.1) is 0 Å². The minimum absolute atomic E-state index is 0.191. The molecule has 18 heavy (non-hydrogen) atoms. The van der Waals surface area contributed by atoms with Crippen LogP contribution in [0.3, 0.4) is 0 Å². The zero-order chi connectivity index (χ0) is 13.0. The van der Waals surface area contributed by atoms with Crippen molar-refractivity contribution in [1.82, 2.24) is 20.3 Å². The zero-order valence-electron chi connectivity index (χ0n) is 9.95. The molecule has 0 aliphatic rings. The molecule has 1 aromatic carbocycles. The van der Waals surface area contributed by atoms with Crippen LogP contribution < -0.4 is 5.32 Å². The van der Waals surface area contributed by atoms with E-state index in [9.17, 15) is 4.79 Å². The van der Waals surface area contributed by atoms with Gasteiger partial charge in [-0.1, -0.05) is 23.4 Å². The molecule has 1 aromatic heterocycles. The monoisotopic (exact) mass is 246 g/mol. The van der Waals surface area contributed by atoms with Crippen molar-refractivity contribution in [2.45, 2.75) is 13.0 Å². The van der Waals surface area contributed by atoms with E-state index in [-0.39, 0.29) is 18.1 Å². The molecule has 2 N–H and O–H groups in total. The van der Waals surface area contributed by atoms with Gasteiger partial charge in [-0.05, 0) is 19.1 Å². The van der Waals surface area contributed by atoms with E-state index < -0.39 is 6.10 Å². The number of aliphatic hydroxyl groups is 1. The van der Waals surface area contributed by atoms with Gasteiger partial charge >= 0.3 is 0 Å². The van der Waals surface area contributed by atoms with Gasteiger partial charge in [-0.15, -0.1) is 5.10 Å². The number of amides is 1. The average Bonchev–Trinajstić information content (AvgIpc) is 2.86. The summed E-state index contributed by atoms with van der Waals surface area (Å²) in [5.41, 5.74) is 1.05. The summed E-state index contributed by atoms with van der Waals surface area (Å²) in [5.74, 6) is -0.349. The Labute approximate surface area is 104 Å². The molecule has 0 spiro atoms. The summed E-state index contributed by atoms with van der Waals surface area (Å²) in [7, 11) is 0. The number of carbonyl (C=O) groups excluding carboxylic acids is 1. The Morgan fingerprint density at radius 3 is 2.83 bits per heavy atom. The zero-order valence-corrected chi connectivity index (χ0v) is 9.95. The Balaban J connectivity index is 2.09. The van der Waals surface area contributed by atoms with Crippen LogP contribution in [0.1, 0.15) is 17.4 Å². The maximum atomic E-state index is 11.7. The molecule has 0 radical (unpaired) electrons. The minimum atomic E-state index is -0.585. The van der Waals surface area contributed by atoms with Crippen LogP contribution in [0.15, 0.2) is 36.5 Å². The van der Waals surface area contributed by atoms with Gasteiger partial charge in [-0.3, -0.25) is 4.79 Å². The van der Waals surface area contributed by atoms with E-state index in [0.29, 0.717) is 0 Å². The van der Waals surface area contributed by atoms with Crippen LogP contribution in [0.25, 0.3) is 5.69 Å². The van der Waals surface area contributed by atoms with Crippen LogP contribution >= 0.6 is 0 Å². The number of aliphatic hydroxyl groups excluding tert-OH is 1. The molecule has 2 rings (SSSR count). The second-order valence-corrected chi connectivity index (χ2v) is 3.94. The van der Waals surface area contributed by atoms with Crippen molar-refractivity contribution in [2.24, 2.45) is 0 Å². The van der Waals surface area contributed by atoms with E-state index in [1.165, 1.54) is 4.68 Å². The first-order chi connectivity index (χ1) is 8.66. The first-order valence-electron chi connectivity index (χ1n) is 5.61. The largest absolute Gasteiger partial charge is 0.392 e. The van der Waals surface area contributed by atoms with Crippen LogP contribution in [0.2, 0.25) is 0 Å². The van der Waals surface area contributed by atoms with Crippen LogP contribution in [-0.2, 0) is 0 Å². The molecule has 1 heterocycles. The maximum Gasteiger partial charge on any atom is 0.273 e. The van der Waals surface area contributed by atoms with E-state index in [4.69, 9.17) is 5.11 Å². The van der Waals surface area contributed by atoms with Crippen molar-refractivity contribution in [3.63, 3.8) is 0 Å². The van der Waals surface area contributed by atoms with Gasteiger partial charge in [0.15, 0.2) is 5.69 Å². The van der Waals surface area contributed by atoms with Crippen molar-refractivity contribution in [2.75, 3.05) is 6.54 Å². The van der Waals surface area contributed by atoms with Crippen molar-refractivity contribution >= 4 is 5.91 Å². The molecule has 6 heteroatoms. The molecular formula is C12H14N4O2. The van der Waals surface area contributed by atoms with Gasteiger partial charge in [0.25, 0.3) is 5.91 Å². The summed E-state index contributed by atoms with van der Waals surface area (Å²) in [6, 6.07) is 9.39. The molecule has 0 bridgehead atoms. The molecule has 2 aromatic rings. The van der Waals surface area contributed by atoms with Crippen molar-refractivity contribution in [3.05, 3.63) is 42.2 Å². The van der Waals surface area contributed by atoms with Gasteiger partial charge in [0.1, 0.15) is 0 Å². The number of para-hydroxylation sites is 1. The lowest BCUT2D eigenvalue weighted by Gasteiger charge is -2.04. The molecular weight excluding hydrogens is 232 g/mol. The number of hydrogen-bond donors (Lipinski definition) is 2. The van der Waals surface area contributed by atoms with Crippen molar-refractivity contribution < 1.29 is 9.90 Å². The van der Waals surface area contributed by atoms with E-state index in [1.54, 1.807) is 13.1 Å². The molecule has 0 aliphatic heterocycles. The maximum absolute atomic E-state index is 11.7. The van der Waals surface area contributed by atoms with Crippen LogP contribution in [0.5, 0.6) is 0 Å². The molecule has 0 saturated heterocycles. The van der Waals surface area contributed by atoms with Crippen LogP contribution in [-0.4, -0.2) is 38.7 Å². The lowest BCUT2D eigenvalue weighted by Crippen LogP contribution is -2.30. The quantitative estimate of drug-likeness (QED) is 0.817. The molecule has 0 aliphatic carbocycles. The highest BCUT2D eigenvalue weighted by atomic mass is 16.3. The fourth-order valence-corrected chi connectivity index (χ4v) is 1.41. The summed E-state index contributed by atoms with van der Waals surface area (Å²) < 4.78 is 1.53. The molecule has 0 fully saturated rings. The number of rotatable bonds is 4. The first-order valence-corrected chi connectivity index (χ1v) is 5.61. The van der Waals surface area contributed by atoms with Gasteiger partial charge in [-0.2, -0.15) is 0 Å². The van der Waals surface area contributed by atoms with Crippen molar-refractivity contribution in [3.8, 4) is 5.69 Å². The normalized spacial score (nSPS) is 12.1. The lowest BCUT2D eigenvalue weighted by atomic mass is 10.3. The number of nitrogens with one attached hydrogen (secondary N) is 1. The highest BCUT2D eigenvalue weighted by Gasteiger charge is 2.11. The van der Waals surface area contributed by atoms with Gasteiger partial charge in [-0.25, -0.2) is 4.68 Å². The number of hydrogen-bond acceptors (Lipinski definition) is 4. The molecule has 0 saturated carbocycles. The number of benzene rings is 1. The molecule has 94 valence electrons. The number of carbonyl (C=O) groups is 1. The van der Waals surface area contributed by atoms with Crippen LogP contribution in [0.4, 0.5) is 0 Å². The molecule has 1 atom stereocenters. The topological polar surface area (TPSA) is 80.0 Å². The number of nitrogens with zero attached hydrogens (tertiary/aromatic N) is 3. The van der Waals surface area contributed by atoms with Gasteiger partial charge in [0.05, 0.1) is 18.0 Å². The summed E-state index contributed by atoms with van der Waals surface area (Å²) in [5, 5.41) is 19.3. The summed E-state index contributed by atoms with van der Waals surface area (Å²) in [6.45, 7) is 1.79. The van der Waals surface area contributed by atoms with Gasteiger partial charge < -0.3 is 10.4 Å². The lowest BCUT2D eigenvalue weighted by molar-refractivity contribution is 0.0919. The molecule has 6 nitrogen and oxygen atoms in total. The van der Waals surface area contributed by atoms with E-state index in [1.807, 2.05) is 30.3 Å². The average molecular weight is 246 g/mol. The highest BCUT2D eigenvalue weighted by molar-refractivity contribution is 5.91. The Hall–Kier alpha value is -2.21. The van der Waals surface area contributed by atoms with Gasteiger partial charge in [0.2, 0.25) is 0 Å². The standard InChI is InChI=1S/C12H14N4O2/c1-9(17)7-13-12(18)11-8-16(15-14-11)10-5-3-2-4-6-10/h2-6,8-9,17H,7H2,1H3,(H,13,18)/t9-/m1/s1. The third-order valence-electron chi connectivity index (χ3n) is 2.30. The smallest absolute Gasteiger partial charge is 0.273 e. The Bertz CT molecular complexity index is 522. The number of aromatic nitrogens is 3. The third-order valence-corrected chi connectivity index (χ3v) is 2.30. The first kappa shape index (κ1) is 12.3. The fraction of sp³-hybridized carbons (Fsp3) is 0.250. The Morgan fingerprint density at radius 2 is 2.17 bits per heavy atom. The highest BCUT2D eigenvalue weighted by Crippen LogP contribution is 2.05. The van der Waals surface area contributed by atoms with E-state index >= 15 is 0 Å². The fourth-order valence-electron chi connectivity index (χ4n) is 1.41.